The van der Waals surface area contributed by atoms with Gasteiger partial charge in [0.15, 0.2) is 29.0 Å². The Hall–Kier alpha value is -2.11. The van der Waals surface area contributed by atoms with Gasteiger partial charge < -0.3 is 4.74 Å². The zero-order chi connectivity index (χ0) is 21.7. The fourth-order valence-electron chi connectivity index (χ4n) is 4.31. The van der Waals surface area contributed by atoms with Gasteiger partial charge in [-0.25, -0.2) is 17.6 Å². The molecule has 0 heterocycles. The summed E-state index contributed by atoms with van der Waals surface area (Å²) in [5, 5.41) is 0. The smallest absolute Gasteiger partial charge is 0.200 e. The zero-order valence-corrected chi connectivity index (χ0v) is 17.1. The fraction of sp³-hybridized carbons (Fsp3) is 0.500. The van der Waals surface area contributed by atoms with Gasteiger partial charge in [-0.1, -0.05) is 51.5 Å². The van der Waals surface area contributed by atoms with Crippen LogP contribution in [0.2, 0.25) is 0 Å². The van der Waals surface area contributed by atoms with E-state index in [0.29, 0.717) is 17.9 Å². The quantitative estimate of drug-likeness (QED) is 0.314. The Morgan fingerprint density at radius 2 is 1.40 bits per heavy atom. The lowest BCUT2D eigenvalue weighted by molar-refractivity contribution is 0.251. The van der Waals surface area contributed by atoms with E-state index in [1.54, 1.807) is 0 Å². The van der Waals surface area contributed by atoms with Crippen molar-refractivity contribution in [3.63, 3.8) is 0 Å². The summed E-state index contributed by atoms with van der Waals surface area (Å²) >= 11 is 0. The highest BCUT2D eigenvalue weighted by Gasteiger charge is 2.22. The predicted molar refractivity (Wildman–Crippen MR) is 106 cm³/mol. The summed E-state index contributed by atoms with van der Waals surface area (Å²) < 4.78 is 73.5. The normalized spacial score (nSPS) is 19.1. The van der Waals surface area contributed by atoms with Crippen LogP contribution in [0.25, 0.3) is 0 Å². The van der Waals surface area contributed by atoms with Crippen LogP contribution in [0.4, 0.5) is 22.0 Å². The van der Waals surface area contributed by atoms with Gasteiger partial charge in [-0.05, 0) is 54.0 Å². The molecule has 0 radical (unpaired) electrons. The summed E-state index contributed by atoms with van der Waals surface area (Å²) in [7, 11) is 0. The lowest BCUT2D eigenvalue weighted by atomic mass is 9.78. The van der Waals surface area contributed by atoms with Crippen LogP contribution < -0.4 is 4.74 Å². The number of benzene rings is 2. The van der Waals surface area contributed by atoms with E-state index in [9.17, 15) is 22.0 Å². The van der Waals surface area contributed by atoms with E-state index < -0.39 is 35.7 Å². The standard InChI is InChI=1S/C24H27F5O/c1-2-3-15-4-6-16(7-5-15)8-9-18-10-11-21(24(29)22(18)27)30-14-17-12-19(25)23(28)20(26)13-17/h10-13,15-16H,2-9,14H2,1H3. The molecule has 0 aliphatic heterocycles. The summed E-state index contributed by atoms with van der Waals surface area (Å²) in [6.07, 6.45) is 8.47. The molecule has 1 fully saturated rings. The van der Waals surface area contributed by atoms with Gasteiger partial charge in [-0.3, -0.25) is 0 Å². The molecule has 0 N–H and O–H groups in total. The molecular formula is C24H27F5O. The first-order chi connectivity index (χ1) is 14.4. The monoisotopic (exact) mass is 426 g/mol. The van der Waals surface area contributed by atoms with E-state index in [2.05, 4.69) is 6.92 Å². The molecule has 6 heteroatoms. The Labute approximate surface area is 174 Å². The van der Waals surface area contributed by atoms with Crippen molar-refractivity contribution in [2.45, 2.75) is 64.9 Å². The van der Waals surface area contributed by atoms with Crippen molar-refractivity contribution in [3.8, 4) is 5.75 Å². The Morgan fingerprint density at radius 1 is 0.800 bits per heavy atom. The summed E-state index contributed by atoms with van der Waals surface area (Å²) in [5.41, 5.74) is 0.281. The second kappa shape index (κ2) is 10.3. The minimum Gasteiger partial charge on any atom is -0.486 e. The minimum atomic E-state index is -1.58. The number of rotatable bonds is 8. The van der Waals surface area contributed by atoms with Gasteiger partial charge in [0.25, 0.3) is 0 Å². The van der Waals surface area contributed by atoms with Crippen LogP contribution in [-0.2, 0) is 13.0 Å². The molecule has 30 heavy (non-hydrogen) atoms. The number of aryl methyl sites for hydroxylation is 1. The highest BCUT2D eigenvalue weighted by molar-refractivity contribution is 5.31. The fourth-order valence-corrected chi connectivity index (χ4v) is 4.31. The van der Waals surface area contributed by atoms with Crippen LogP contribution in [0.5, 0.6) is 5.75 Å². The molecule has 0 spiro atoms. The van der Waals surface area contributed by atoms with Gasteiger partial charge in [-0.2, -0.15) is 4.39 Å². The van der Waals surface area contributed by atoms with Gasteiger partial charge in [0.05, 0.1) is 0 Å². The number of ether oxygens (including phenoxy) is 1. The van der Waals surface area contributed by atoms with Crippen molar-refractivity contribution in [1.29, 1.82) is 0 Å². The Kier molecular flexibility index (Phi) is 7.73. The van der Waals surface area contributed by atoms with Crippen LogP contribution in [-0.4, -0.2) is 0 Å². The third kappa shape index (κ3) is 5.52. The van der Waals surface area contributed by atoms with Gasteiger partial charge in [0.2, 0.25) is 5.82 Å². The molecule has 1 saturated carbocycles. The summed E-state index contributed by atoms with van der Waals surface area (Å²) in [5.74, 6) is -5.38. The predicted octanol–water partition coefficient (Wildman–Crippen LogP) is 7.50. The van der Waals surface area contributed by atoms with Crippen LogP contribution in [0.15, 0.2) is 24.3 Å². The maximum absolute atomic E-state index is 14.5. The topological polar surface area (TPSA) is 9.23 Å². The van der Waals surface area contributed by atoms with Crippen LogP contribution >= 0.6 is 0 Å². The van der Waals surface area contributed by atoms with E-state index in [1.165, 1.54) is 37.8 Å². The molecule has 3 rings (SSSR count). The van der Waals surface area contributed by atoms with E-state index in [4.69, 9.17) is 4.74 Å². The average Bonchev–Trinajstić information content (AvgIpc) is 2.73. The molecule has 0 unspecified atom stereocenters. The number of hydrogen-bond donors (Lipinski definition) is 0. The van der Waals surface area contributed by atoms with Gasteiger partial charge in [0, 0.05) is 0 Å². The van der Waals surface area contributed by atoms with Crippen molar-refractivity contribution in [3.05, 3.63) is 64.5 Å². The molecule has 1 aliphatic carbocycles. The lowest BCUT2D eigenvalue weighted by Crippen LogP contribution is -2.15. The van der Waals surface area contributed by atoms with Crippen LogP contribution in [0, 0.1) is 40.9 Å². The van der Waals surface area contributed by atoms with Crippen LogP contribution in [0.3, 0.4) is 0 Å². The van der Waals surface area contributed by atoms with E-state index >= 15 is 0 Å². The van der Waals surface area contributed by atoms with Crippen molar-refractivity contribution < 1.29 is 26.7 Å². The first-order valence-electron chi connectivity index (χ1n) is 10.6. The highest BCUT2D eigenvalue weighted by Crippen LogP contribution is 2.34. The first-order valence-corrected chi connectivity index (χ1v) is 10.6. The molecule has 1 nitrogen and oxygen atoms in total. The molecule has 0 bridgehead atoms. The average molecular weight is 426 g/mol. The zero-order valence-electron chi connectivity index (χ0n) is 17.1. The first kappa shape index (κ1) is 22.6. The molecule has 2 aromatic carbocycles. The lowest BCUT2D eigenvalue weighted by Gasteiger charge is -2.28. The largest absolute Gasteiger partial charge is 0.486 e. The second-order valence-corrected chi connectivity index (χ2v) is 8.23. The van der Waals surface area contributed by atoms with Gasteiger partial charge >= 0.3 is 0 Å². The summed E-state index contributed by atoms with van der Waals surface area (Å²) in [6, 6.07) is 4.33. The maximum Gasteiger partial charge on any atom is 0.200 e. The molecule has 164 valence electrons. The van der Waals surface area contributed by atoms with Crippen molar-refractivity contribution in [1.82, 2.24) is 0 Å². The molecule has 0 aromatic heterocycles. The van der Waals surface area contributed by atoms with E-state index in [-0.39, 0.29) is 11.3 Å². The molecule has 0 atom stereocenters. The highest BCUT2D eigenvalue weighted by atomic mass is 19.2. The van der Waals surface area contributed by atoms with Crippen molar-refractivity contribution in [2.24, 2.45) is 11.8 Å². The Bertz CT molecular complexity index is 836. The maximum atomic E-state index is 14.5. The summed E-state index contributed by atoms with van der Waals surface area (Å²) in [6.45, 7) is 1.79. The van der Waals surface area contributed by atoms with E-state index in [1.807, 2.05) is 0 Å². The summed E-state index contributed by atoms with van der Waals surface area (Å²) in [4.78, 5) is 0. The SMILES string of the molecule is CCCC1CCC(CCc2ccc(OCc3cc(F)c(F)c(F)c3)c(F)c2F)CC1. The van der Waals surface area contributed by atoms with Gasteiger partial charge in [-0.15, -0.1) is 0 Å². The molecule has 0 saturated heterocycles. The Balaban J connectivity index is 1.56. The number of hydrogen-bond acceptors (Lipinski definition) is 1. The molecular weight excluding hydrogens is 399 g/mol. The third-order valence-corrected chi connectivity index (χ3v) is 6.05. The van der Waals surface area contributed by atoms with Crippen molar-refractivity contribution in [2.75, 3.05) is 0 Å². The van der Waals surface area contributed by atoms with Crippen molar-refractivity contribution >= 4 is 0 Å². The van der Waals surface area contributed by atoms with Gasteiger partial charge in [0.1, 0.15) is 6.61 Å². The van der Waals surface area contributed by atoms with E-state index in [0.717, 1.165) is 37.3 Å². The molecule has 1 aliphatic rings. The molecule has 0 amide bonds. The second-order valence-electron chi connectivity index (χ2n) is 8.23. The third-order valence-electron chi connectivity index (χ3n) is 6.05. The van der Waals surface area contributed by atoms with Crippen LogP contribution in [0.1, 0.15) is 63.0 Å². The Morgan fingerprint density at radius 3 is 2.00 bits per heavy atom. The molecule has 2 aromatic rings. The minimum absolute atomic E-state index is 0.0195. The number of halogens is 5.